The fourth-order valence-electron chi connectivity index (χ4n) is 3.78. The second-order valence-corrected chi connectivity index (χ2v) is 6.03. The van der Waals surface area contributed by atoms with Gasteiger partial charge in [-0.3, -0.25) is 4.79 Å². The largest absolute Gasteiger partial charge is 0.399 e. The molecule has 1 atom stereocenters. The van der Waals surface area contributed by atoms with Crippen molar-refractivity contribution in [1.82, 2.24) is 4.90 Å². The highest BCUT2D eigenvalue weighted by molar-refractivity contribution is 5.95. The van der Waals surface area contributed by atoms with E-state index in [9.17, 15) is 9.18 Å². The number of hydrogen-bond acceptors (Lipinski definition) is 2. The Morgan fingerprint density at radius 2 is 1.90 bits per heavy atom. The van der Waals surface area contributed by atoms with Crippen LogP contribution < -0.4 is 5.73 Å². The van der Waals surface area contributed by atoms with E-state index < -0.39 is 5.82 Å². The van der Waals surface area contributed by atoms with Gasteiger partial charge in [-0.25, -0.2) is 4.39 Å². The average molecular weight is 276 g/mol. The normalized spacial score (nSPS) is 23.4. The first-order valence-corrected chi connectivity index (χ1v) is 7.52. The third kappa shape index (κ3) is 2.51. The van der Waals surface area contributed by atoms with Crippen LogP contribution in [-0.2, 0) is 0 Å². The number of amides is 1. The summed E-state index contributed by atoms with van der Waals surface area (Å²) in [6.07, 6.45) is 7.13. The Morgan fingerprint density at radius 1 is 1.15 bits per heavy atom. The Balaban J connectivity index is 1.81. The monoisotopic (exact) mass is 276 g/mol. The Kier molecular flexibility index (Phi) is 3.64. The molecule has 0 radical (unpaired) electrons. The summed E-state index contributed by atoms with van der Waals surface area (Å²) in [5.41, 5.74) is 6.33. The van der Waals surface area contributed by atoms with Crippen LogP contribution in [0.3, 0.4) is 0 Å². The molecule has 20 heavy (non-hydrogen) atoms. The second kappa shape index (κ2) is 5.43. The number of carbonyl (C=O) groups is 1. The quantitative estimate of drug-likeness (QED) is 0.843. The zero-order chi connectivity index (χ0) is 14.1. The van der Waals surface area contributed by atoms with E-state index in [2.05, 4.69) is 0 Å². The molecule has 1 aliphatic carbocycles. The van der Waals surface area contributed by atoms with Crippen molar-refractivity contribution < 1.29 is 9.18 Å². The smallest absolute Gasteiger partial charge is 0.254 e. The molecule has 0 aromatic heterocycles. The highest BCUT2D eigenvalue weighted by Crippen LogP contribution is 2.36. The van der Waals surface area contributed by atoms with Crippen molar-refractivity contribution >= 4 is 11.6 Å². The molecule has 1 amide bonds. The minimum Gasteiger partial charge on any atom is -0.399 e. The lowest BCUT2D eigenvalue weighted by molar-refractivity contribution is 0.0688. The zero-order valence-corrected chi connectivity index (χ0v) is 11.6. The van der Waals surface area contributed by atoms with Gasteiger partial charge in [-0.2, -0.15) is 0 Å². The molecule has 4 heteroatoms. The maximum absolute atomic E-state index is 13.4. The zero-order valence-electron chi connectivity index (χ0n) is 11.6. The van der Waals surface area contributed by atoms with Gasteiger partial charge < -0.3 is 10.6 Å². The van der Waals surface area contributed by atoms with Crippen LogP contribution in [0.15, 0.2) is 18.2 Å². The summed E-state index contributed by atoms with van der Waals surface area (Å²) in [5, 5.41) is 0. The molecule has 1 aromatic rings. The molecule has 1 aromatic carbocycles. The summed E-state index contributed by atoms with van der Waals surface area (Å²) in [5.74, 6) is 0.128. The van der Waals surface area contributed by atoms with E-state index in [0.29, 0.717) is 23.2 Å². The molecular weight excluding hydrogens is 255 g/mol. The number of nitrogen functional groups attached to an aromatic ring is 1. The summed E-state index contributed by atoms with van der Waals surface area (Å²) >= 11 is 0. The van der Waals surface area contributed by atoms with Crippen LogP contribution in [-0.4, -0.2) is 23.4 Å². The van der Waals surface area contributed by atoms with Gasteiger partial charge in [-0.05, 0) is 49.8 Å². The molecule has 3 rings (SSSR count). The van der Waals surface area contributed by atoms with Crippen molar-refractivity contribution in [2.75, 3.05) is 12.3 Å². The number of anilines is 1. The van der Waals surface area contributed by atoms with Crippen LogP contribution in [0, 0.1) is 11.7 Å². The predicted octanol–water partition coefficient (Wildman–Crippen LogP) is 3.20. The number of benzene rings is 1. The first kappa shape index (κ1) is 13.4. The van der Waals surface area contributed by atoms with Crippen LogP contribution in [0.2, 0.25) is 0 Å². The molecule has 0 bridgehead atoms. The molecule has 1 saturated carbocycles. The van der Waals surface area contributed by atoms with Crippen LogP contribution >= 0.6 is 0 Å². The second-order valence-electron chi connectivity index (χ2n) is 6.03. The lowest BCUT2D eigenvalue weighted by atomic mass is 9.95. The Morgan fingerprint density at radius 3 is 2.60 bits per heavy atom. The van der Waals surface area contributed by atoms with Crippen molar-refractivity contribution in [3.63, 3.8) is 0 Å². The van der Waals surface area contributed by atoms with E-state index in [1.165, 1.54) is 37.8 Å². The highest BCUT2D eigenvalue weighted by Gasteiger charge is 2.36. The van der Waals surface area contributed by atoms with E-state index in [1.54, 1.807) is 6.07 Å². The molecule has 3 nitrogen and oxygen atoms in total. The topological polar surface area (TPSA) is 46.3 Å². The summed E-state index contributed by atoms with van der Waals surface area (Å²) in [6, 6.07) is 4.46. The van der Waals surface area contributed by atoms with Crippen LogP contribution in [0.25, 0.3) is 0 Å². The first-order valence-electron chi connectivity index (χ1n) is 7.52. The summed E-state index contributed by atoms with van der Waals surface area (Å²) in [4.78, 5) is 14.6. The van der Waals surface area contributed by atoms with Gasteiger partial charge >= 0.3 is 0 Å². The molecule has 1 heterocycles. The van der Waals surface area contributed by atoms with E-state index in [0.717, 1.165) is 19.4 Å². The number of halogens is 1. The van der Waals surface area contributed by atoms with E-state index in [-0.39, 0.29) is 5.91 Å². The number of hydrogen-bond donors (Lipinski definition) is 1. The standard InChI is InChI=1S/C16H21FN2O/c17-13-8-12(9-14(18)10-13)16(20)19-7-3-6-15(19)11-4-1-2-5-11/h8-11,15H,1-7,18H2. The molecule has 0 spiro atoms. The minimum atomic E-state index is -0.440. The van der Waals surface area contributed by atoms with Crippen molar-refractivity contribution in [3.8, 4) is 0 Å². The number of likely N-dealkylation sites (tertiary alicyclic amines) is 1. The fourth-order valence-corrected chi connectivity index (χ4v) is 3.78. The Labute approximate surface area is 118 Å². The number of carbonyl (C=O) groups excluding carboxylic acids is 1. The molecule has 108 valence electrons. The molecule has 1 aliphatic heterocycles. The molecule has 2 fully saturated rings. The third-order valence-electron chi connectivity index (χ3n) is 4.67. The van der Waals surface area contributed by atoms with Crippen molar-refractivity contribution in [1.29, 1.82) is 0 Å². The number of nitrogens with zero attached hydrogens (tertiary/aromatic N) is 1. The molecule has 2 N–H and O–H groups in total. The van der Waals surface area contributed by atoms with Crippen molar-refractivity contribution in [3.05, 3.63) is 29.6 Å². The lowest BCUT2D eigenvalue weighted by Gasteiger charge is -2.29. The summed E-state index contributed by atoms with van der Waals surface area (Å²) in [6.45, 7) is 0.788. The number of rotatable bonds is 2. The minimum absolute atomic E-state index is 0.0643. The third-order valence-corrected chi connectivity index (χ3v) is 4.67. The van der Waals surface area contributed by atoms with Gasteiger partial charge in [-0.1, -0.05) is 12.8 Å². The highest BCUT2D eigenvalue weighted by atomic mass is 19.1. The summed E-state index contributed by atoms with van der Waals surface area (Å²) in [7, 11) is 0. The molecule has 1 unspecified atom stereocenters. The van der Waals surface area contributed by atoms with Crippen molar-refractivity contribution in [2.45, 2.75) is 44.6 Å². The van der Waals surface area contributed by atoms with Gasteiger partial charge in [0.25, 0.3) is 5.91 Å². The van der Waals surface area contributed by atoms with Crippen LogP contribution in [0.4, 0.5) is 10.1 Å². The van der Waals surface area contributed by atoms with Crippen LogP contribution in [0.1, 0.15) is 48.9 Å². The average Bonchev–Trinajstić information content (AvgIpc) is 3.07. The SMILES string of the molecule is Nc1cc(F)cc(C(=O)N2CCCC2C2CCCC2)c1. The Bertz CT molecular complexity index is 491. The maximum Gasteiger partial charge on any atom is 0.254 e. The molecule has 1 saturated heterocycles. The number of nitrogens with two attached hydrogens (primary N) is 1. The van der Waals surface area contributed by atoms with Gasteiger partial charge in [0, 0.05) is 23.8 Å². The van der Waals surface area contributed by atoms with Gasteiger partial charge in [0.15, 0.2) is 0 Å². The van der Waals surface area contributed by atoms with Gasteiger partial charge in [0.05, 0.1) is 0 Å². The molecule has 2 aliphatic rings. The van der Waals surface area contributed by atoms with Gasteiger partial charge in [-0.15, -0.1) is 0 Å². The fraction of sp³-hybridized carbons (Fsp3) is 0.562. The lowest BCUT2D eigenvalue weighted by Crippen LogP contribution is -2.39. The predicted molar refractivity (Wildman–Crippen MR) is 76.8 cm³/mol. The van der Waals surface area contributed by atoms with Crippen molar-refractivity contribution in [2.24, 2.45) is 5.92 Å². The maximum atomic E-state index is 13.4. The first-order chi connectivity index (χ1) is 9.65. The van der Waals surface area contributed by atoms with E-state index >= 15 is 0 Å². The van der Waals surface area contributed by atoms with E-state index in [4.69, 9.17) is 5.73 Å². The van der Waals surface area contributed by atoms with Gasteiger partial charge in [0.2, 0.25) is 0 Å². The Hall–Kier alpha value is -1.58. The van der Waals surface area contributed by atoms with Crippen LogP contribution in [0.5, 0.6) is 0 Å². The molecular formula is C16H21FN2O. The van der Waals surface area contributed by atoms with E-state index in [1.807, 2.05) is 4.90 Å². The van der Waals surface area contributed by atoms with Gasteiger partial charge in [0.1, 0.15) is 5.82 Å². The summed E-state index contributed by atoms with van der Waals surface area (Å²) < 4.78 is 13.4.